The van der Waals surface area contributed by atoms with Gasteiger partial charge in [-0.2, -0.15) is 0 Å². The fourth-order valence-electron chi connectivity index (χ4n) is 1.97. The molecule has 0 bridgehead atoms. The van der Waals surface area contributed by atoms with Crippen molar-refractivity contribution in [3.8, 4) is 0 Å². The average molecular weight is 236 g/mol. The molecule has 74 valence electrons. The SMILES string of the molecule is [Na][C]1(c2ccc3ccccc3c2)CSN=N1. The summed E-state index contributed by atoms with van der Waals surface area (Å²) in [7, 11) is 0. The Bertz CT molecular complexity index is 570. The molecule has 0 radical (unpaired) electrons. The van der Waals surface area contributed by atoms with Gasteiger partial charge < -0.3 is 0 Å². The number of fused-ring (bicyclic) bond motifs is 1. The zero-order chi connectivity index (χ0) is 11.0. The standard InChI is InChI=1S/C12H9N2S.Na/c1-2-4-10-7-11(6-5-9(10)3-1)12-8-15-14-13-12;/h1-7H,8H2;. The molecule has 2 nitrogen and oxygen atoms in total. The van der Waals surface area contributed by atoms with E-state index < -0.39 is 0 Å². The molecule has 16 heavy (non-hydrogen) atoms. The number of nitrogens with zero attached hydrogens (tertiary/aromatic N) is 2. The maximum atomic E-state index is 4.39. The second-order valence-electron chi connectivity index (χ2n) is 4.29. The summed E-state index contributed by atoms with van der Waals surface area (Å²) in [5.74, 6) is 0.998. The molecule has 1 unspecified atom stereocenters. The molecule has 4 heteroatoms. The van der Waals surface area contributed by atoms with Gasteiger partial charge in [0.05, 0.1) is 0 Å². The zero-order valence-electron chi connectivity index (χ0n) is 9.05. The number of benzene rings is 2. The second-order valence-corrected chi connectivity index (χ2v) is 6.66. The van der Waals surface area contributed by atoms with E-state index in [2.05, 4.69) is 52.1 Å². The summed E-state index contributed by atoms with van der Waals surface area (Å²) >= 11 is 2.59. The van der Waals surface area contributed by atoms with Crippen LogP contribution in [0.1, 0.15) is 5.56 Å². The van der Waals surface area contributed by atoms with E-state index in [9.17, 15) is 0 Å². The minimum atomic E-state index is -0.00526. The summed E-state index contributed by atoms with van der Waals surface area (Å²) in [6.45, 7) is 0. The van der Waals surface area contributed by atoms with Crippen LogP contribution in [-0.4, -0.2) is 33.7 Å². The predicted octanol–water partition coefficient (Wildman–Crippen LogP) is 3.28. The van der Waals surface area contributed by atoms with Crippen molar-refractivity contribution >= 4 is 50.7 Å². The van der Waals surface area contributed by atoms with E-state index in [0.29, 0.717) is 0 Å². The molecule has 0 spiro atoms. The molecule has 3 rings (SSSR count). The van der Waals surface area contributed by atoms with Gasteiger partial charge in [0.25, 0.3) is 0 Å². The zero-order valence-corrected chi connectivity index (χ0v) is 11.9. The number of hydrogen-bond donors (Lipinski definition) is 0. The van der Waals surface area contributed by atoms with Crippen LogP contribution in [0.3, 0.4) is 0 Å². The van der Waals surface area contributed by atoms with Crippen molar-refractivity contribution in [1.29, 1.82) is 0 Å². The van der Waals surface area contributed by atoms with Gasteiger partial charge in [-0.1, -0.05) is 0 Å². The third-order valence-corrected chi connectivity index (χ3v) is 5.57. The topological polar surface area (TPSA) is 24.7 Å². The molecule has 1 heterocycles. The van der Waals surface area contributed by atoms with Gasteiger partial charge in [-0.3, -0.25) is 0 Å². The summed E-state index contributed by atoms with van der Waals surface area (Å²) in [6.07, 6.45) is 0. The monoisotopic (exact) mass is 236 g/mol. The normalized spacial score (nSPS) is 24.1. The summed E-state index contributed by atoms with van der Waals surface area (Å²) in [5, 5.41) is 6.98. The second kappa shape index (κ2) is 4.15. The van der Waals surface area contributed by atoms with Gasteiger partial charge in [-0.15, -0.1) is 0 Å². The van der Waals surface area contributed by atoms with Crippen LogP contribution in [0.5, 0.6) is 0 Å². The van der Waals surface area contributed by atoms with Crippen LogP contribution < -0.4 is 0 Å². The third kappa shape index (κ3) is 1.82. The fourth-order valence-corrected chi connectivity index (χ4v) is 3.68. The summed E-state index contributed by atoms with van der Waals surface area (Å²) in [4.78, 5) is 0. The Hall–Kier alpha value is -0.350. The van der Waals surface area contributed by atoms with E-state index in [1.807, 2.05) is 0 Å². The summed E-state index contributed by atoms with van der Waals surface area (Å²) in [6, 6.07) is 15.1. The van der Waals surface area contributed by atoms with Crippen molar-refractivity contribution in [2.24, 2.45) is 9.63 Å². The number of rotatable bonds is 1. The molecule has 1 aliphatic rings. The summed E-state index contributed by atoms with van der Waals surface area (Å²) in [5.41, 5.74) is 1.31. The Labute approximate surface area is 116 Å². The van der Waals surface area contributed by atoms with Crippen molar-refractivity contribution in [3.63, 3.8) is 0 Å². The first kappa shape index (κ1) is 10.8. The Morgan fingerprint density at radius 3 is 2.69 bits per heavy atom. The molecule has 0 N–H and O–H groups in total. The van der Waals surface area contributed by atoms with E-state index in [1.165, 1.54) is 16.3 Å². The fraction of sp³-hybridized carbons (Fsp3) is 0.167. The van der Waals surface area contributed by atoms with Crippen LogP contribution in [-0.2, 0) is 2.79 Å². The van der Waals surface area contributed by atoms with Crippen LogP contribution in [0, 0.1) is 0 Å². The van der Waals surface area contributed by atoms with Crippen LogP contribution in [0.2, 0.25) is 0 Å². The quantitative estimate of drug-likeness (QED) is 0.551. The predicted molar refractivity (Wildman–Crippen MR) is 68.7 cm³/mol. The van der Waals surface area contributed by atoms with E-state index in [1.54, 1.807) is 11.9 Å². The first-order valence-electron chi connectivity index (χ1n) is 5.31. The molecule has 0 saturated heterocycles. The van der Waals surface area contributed by atoms with Gasteiger partial charge in [-0.25, -0.2) is 0 Å². The van der Waals surface area contributed by atoms with E-state index in [-0.39, 0.29) is 2.79 Å². The van der Waals surface area contributed by atoms with E-state index in [0.717, 1.165) is 33.7 Å². The molecule has 0 aromatic heterocycles. The van der Waals surface area contributed by atoms with Crippen molar-refractivity contribution in [2.45, 2.75) is 2.79 Å². The van der Waals surface area contributed by atoms with E-state index in [4.69, 9.17) is 0 Å². The van der Waals surface area contributed by atoms with Gasteiger partial charge in [0.1, 0.15) is 0 Å². The Balaban J connectivity index is 2.15. The van der Waals surface area contributed by atoms with Crippen LogP contribution in [0.15, 0.2) is 52.1 Å². The molecular formula is C12H9N2NaS. The molecule has 0 aliphatic carbocycles. The number of hydrogen-bond acceptors (Lipinski definition) is 3. The van der Waals surface area contributed by atoms with Crippen molar-refractivity contribution in [2.75, 3.05) is 5.75 Å². The maximum absolute atomic E-state index is 4.39. The summed E-state index contributed by atoms with van der Waals surface area (Å²) < 4.78 is 4.06. The molecule has 1 atom stereocenters. The van der Waals surface area contributed by atoms with Gasteiger partial charge in [0.15, 0.2) is 0 Å². The average Bonchev–Trinajstić information content (AvgIpc) is 2.77. The minimum absolute atomic E-state index is 0.00526. The van der Waals surface area contributed by atoms with Gasteiger partial charge in [0.2, 0.25) is 0 Å². The van der Waals surface area contributed by atoms with Gasteiger partial charge in [-0.05, 0) is 0 Å². The van der Waals surface area contributed by atoms with Gasteiger partial charge in [0, 0.05) is 0 Å². The van der Waals surface area contributed by atoms with Crippen molar-refractivity contribution in [3.05, 3.63) is 48.0 Å². The van der Waals surface area contributed by atoms with Crippen molar-refractivity contribution in [1.82, 2.24) is 0 Å². The first-order valence-corrected chi connectivity index (χ1v) is 7.26. The molecule has 1 aliphatic heterocycles. The van der Waals surface area contributed by atoms with Crippen LogP contribution in [0.4, 0.5) is 0 Å². The van der Waals surface area contributed by atoms with E-state index >= 15 is 0 Å². The molecular weight excluding hydrogens is 227 g/mol. The van der Waals surface area contributed by atoms with Crippen LogP contribution in [0.25, 0.3) is 10.8 Å². The Kier molecular flexibility index (Phi) is 2.80. The molecule has 0 fully saturated rings. The molecule has 2 aromatic rings. The third-order valence-electron chi connectivity index (χ3n) is 3.04. The first-order chi connectivity index (χ1) is 7.78. The Morgan fingerprint density at radius 2 is 1.94 bits per heavy atom. The Morgan fingerprint density at radius 1 is 1.12 bits per heavy atom. The van der Waals surface area contributed by atoms with Gasteiger partial charge >= 0.3 is 117 Å². The van der Waals surface area contributed by atoms with Crippen LogP contribution >= 0.6 is 11.9 Å². The van der Waals surface area contributed by atoms with Crippen molar-refractivity contribution < 1.29 is 0 Å². The molecule has 0 amide bonds. The molecule has 0 saturated carbocycles. The molecule has 2 aromatic carbocycles.